The summed E-state index contributed by atoms with van der Waals surface area (Å²) in [5, 5.41) is 27.3. The number of hydrogen-bond donors (Lipinski definition) is 3. The maximum Gasteiger partial charge on any atom is 0.326 e. The SMILES string of the molecule is N#Cc1ccc(-c2ccc(C[C@H](NC(=O)[C@@H]3Cc4cc5c(cc4CN3S(=O)(=O)c3cccs3)OC(c3ccc(OCc4ccc(Cl)c(Cl)c4)cc3)C(=O)N5)C(=O)O)cc2)cc1. The second-order valence-electron chi connectivity index (χ2n) is 14.4. The van der Waals surface area contributed by atoms with Crippen molar-refractivity contribution in [3.63, 3.8) is 0 Å². The van der Waals surface area contributed by atoms with Crippen LogP contribution in [0.5, 0.6) is 11.5 Å². The van der Waals surface area contributed by atoms with Crippen LogP contribution in [0, 0.1) is 11.3 Å². The zero-order valence-electron chi connectivity index (χ0n) is 31.9. The monoisotopic (exact) mass is 892 g/mol. The number of ether oxygens (including phenoxy) is 2. The highest BCUT2D eigenvalue weighted by atomic mass is 35.5. The van der Waals surface area contributed by atoms with Gasteiger partial charge in [-0.2, -0.15) is 9.57 Å². The van der Waals surface area contributed by atoms with Crippen molar-refractivity contribution in [3.8, 4) is 28.7 Å². The summed E-state index contributed by atoms with van der Waals surface area (Å²) in [6, 6.07) is 32.1. The van der Waals surface area contributed by atoms with Gasteiger partial charge in [-0.1, -0.05) is 83.9 Å². The lowest BCUT2D eigenvalue weighted by atomic mass is 9.93. The number of nitriles is 1. The van der Waals surface area contributed by atoms with Crippen LogP contribution in [0.4, 0.5) is 5.69 Å². The van der Waals surface area contributed by atoms with Crippen LogP contribution >= 0.6 is 34.5 Å². The van der Waals surface area contributed by atoms with E-state index in [-0.39, 0.29) is 30.2 Å². The molecule has 61 heavy (non-hydrogen) atoms. The Morgan fingerprint density at radius 1 is 0.934 bits per heavy atom. The maximum absolute atomic E-state index is 14.1. The van der Waals surface area contributed by atoms with Gasteiger partial charge in [0, 0.05) is 18.5 Å². The van der Waals surface area contributed by atoms with Gasteiger partial charge in [-0.05, 0) is 99.8 Å². The van der Waals surface area contributed by atoms with Crippen LogP contribution < -0.4 is 20.1 Å². The first kappa shape index (κ1) is 41.5. The molecule has 2 amide bonds. The minimum absolute atomic E-state index is 0.0248. The number of sulfonamides is 1. The molecular weight excluding hydrogens is 860 g/mol. The lowest BCUT2D eigenvalue weighted by Crippen LogP contribution is -2.55. The zero-order chi connectivity index (χ0) is 42.8. The molecule has 1 aromatic heterocycles. The van der Waals surface area contributed by atoms with Crippen LogP contribution in [0.15, 0.2) is 125 Å². The van der Waals surface area contributed by atoms with E-state index in [1.54, 1.807) is 84.2 Å². The molecule has 3 N–H and O–H groups in total. The number of aliphatic carboxylic acids is 1. The summed E-state index contributed by atoms with van der Waals surface area (Å²) in [5.41, 5.74) is 5.77. The fourth-order valence-corrected chi connectivity index (χ4v) is 10.2. The summed E-state index contributed by atoms with van der Waals surface area (Å²) >= 11 is 13.1. The number of halogens is 2. The van der Waals surface area contributed by atoms with Gasteiger partial charge in [-0.3, -0.25) is 9.59 Å². The molecule has 2 aliphatic rings. The fourth-order valence-electron chi connectivity index (χ4n) is 7.20. The number of fused-ring (bicyclic) bond motifs is 2. The van der Waals surface area contributed by atoms with Gasteiger partial charge >= 0.3 is 5.97 Å². The number of rotatable bonds is 12. The molecule has 8 rings (SSSR count). The molecule has 0 aliphatic carbocycles. The van der Waals surface area contributed by atoms with Crippen LogP contribution in [-0.2, 0) is 50.4 Å². The maximum atomic E-state index is 14.1. The number of benzene rings is 5. The summed E-state index contributed by atoms with van der Waals surface area (Å²) in [7, 11) is -4.23. The molecule has 3 heterocycles. The Hall–Kier alpha value is -6.21. The summed E-state index contributed by atoms with van der Waals surface area (Å²) in [6.07, 6.45) is -1.20. The summed E-state index contributed by atoms with van der Waals surface area (Å²) < 4.78 is 41.5. The summed E-state index contributed by atoms with van der Waals surface area (Å²) in [5.74, 6) is -1.64. The highest BCUT2D eigenvalue weighted by Gasteiger charge is 2.42. The third-order valence-corrected chi connectivity index (χ3v) is 14.4. The molecule has 2 aliphatic heterocycles. The fraction of sp³-hybridized carbons (Fsp3) is 0.156. The Balaban J connectivity index is 1.000. The van der Waals surface area contributed by atoms with Gasteiger partial charge in [-0.25, -0.2) is 13.2 Å². The minimum Gasteiger partial charge on any atom is -0.489 e. The van der Waals surface area contributed by atoms with Crippen LogP contribution in [0.1, 0.15) is 39.5 Å². The molecule has 0 bridgehead atoms. The normalized spacial score (nSPS) is 16.5. The first-order chi connectivity index (χ1) is 29.4. The van der Waals surface area contributed by atoms with Gasteiger partial charge in [0.05, 0.1) is 27.4 Å². The number of nitrogens with one attached hydrogen (secondary N) is 2. The smallest absolute Gasteiger partial charge is 0.326 e. The number of carbonyl (C=O) groups excluding carboxylic acids is 2. The van der Waals surface area contributed by atoms with Crippen molar-refractivity contribution in [2.24, 2.45) is 0 Å². The Bertz CT molecular complexity index is 2800. The number of thiophene rings is 1. The van der Waals surface area contributed by atoms with Crippen molar-refractivity contribution in [1.82, 2.24) is 9.62 Å². The van der Waals surface area contributed by atoms with Crippen LogP contribution in [-0.4, -0.2) is 47.7 Å². The minimum atomic E-state index is -4.23. The Morgan fingerprint density at radius 3 is 2.30 bits per heavy atom. The molecule has 6 aromatic rings. The third kappa shape index (κ3) is 8.97. The molecule has 5 aromatic carbocycles. The average Bonchev–Trinajstić information content (AvgIpc) is 3.82. The lowest BCUT2D eigenvalue weighted by molar-refractivity contribution is -0.142. The van der Waals surface area contributed by atoms with Gasteiger partial charge in [0.2, 0.25) is 12.0 Å². The predicted octanol–water partition coefficient (Wildman–Crippen LogP) is 8.17. The molecule has 308 valence electrons. The largest absolute Gasteiger partial charge is 0.489 e. The van der Waals surface area contributed by atoms with Crippen molar-refractivity contribution < 1.29 is 37.4 Å². The first-order valence-corrected chi connectivity index (χ1v) is 21.9. The van der Waals surface area contributed by atoms with Crippen molar-refractivity contribution in [1.29, 1.82) is 5.26 Å². The van der Waals surface area contributed by atoms with E-state index in [2.05, 4.69) is 16.7 Å². The number of nitrogens with zero attached hydrogens (tertiary/aromatic N) is 2. The van der Waals surface area contributed by atoms with E-state index in [1.165, 1.54) is 6.07 Å². The molecule has 12 nitrogen and oxygen atoms in total. The molecular formula is C45H34Cl2N4O8S2. The van der Waals surface area contributed by atoms with E-state index < -0.39 is 46.0 Å². The molecule has 16 heteroatoms. The number of carbonyl (C=O) groups is 3. The van der Waals surface area contributed by atoms with E-state index in [1.807, 2.05) is 30.3 Å². The molecule has 1 unspecified atom stereocenters. The number of carboxylic acid groups (broad SMARTS) is 1. The standard InChI is InChI=1S/C45H34Cl2N4O8S2/c46-35-16-7-28(18-36(35)47)25-58-34-14-12-31(13-15-34)42-44(53)49-37-20-32-21-39(51(24-33(32)22-40(37)59-42)61(56,57)41-2-1-17-60-41)43(52)50-38(45(54)55)19-26-3-8-29(9-4-26)30-10-5-27(23-48)6-11-30/h1-18,20,22,38-39,42H,19,21,24-25H2,(H,49,53)(H,50,52)(H,54,55)/t38-,39-,42?/m0/s1. The quantitative estimate of drug-likeness (QED) is 0.109. The lowest BCUT2D eigenvalue weighted by Gasteiger charge is -2.36. The third-order valence-electron chi connectivity index (χ3n) is 10.4. The van der Waals surface area contributed by atoms with Crippen molar-refractivity contribution in [2.45, 2.75) is 48.4 Å². The van der Waals surface area contributed by atoms with Crippen LogP contribution in [0.2, 0.25) is 10.0 Å². The van der Waals surface area contributed by atoms with Gasteiger partial charge in [-0.15, -0.1) is 11.3 Å². The Morgan fingerprint density at radius 2 is 1.64 bits per heavy atom. The molecule has 0 saturated carbocycles. The van der Waals surface area contributed by atoms with Gasteiger partial charge < -0.3 is 25.2 Å². The second kappa shape index (κ2) is 17.4. The van der Waals surface area contributed by atoms with Crippen molar-refractivity contribution >= 4 is 68.0 Å². The predicted molar refractivity (Wildman–Crippen MR) is 230 cm³/mol. The van der Waals surface area contributed by atoms with E-state index in [0.717, 1.165) is 32.3 Å². The molecule has 0 spiro atoms. The van der Waals surface area contributed by atoms with Crippen LogP contribution in [0.25, 0.3) is 11.1 Å². The number of anilines is 1. The van der Waals surface area contributed by atoms with E-state index in [9.17, 15) is 27.9 Å². The van der Waals surface area contributed by atoms with E-state index >= 15 is 0 Å². The number of carboxylic acids is 1. The van der Waals surface area contributed by atoms with Crippen LogP contribution in [0.3, 0.4) is 0 Å². The second-order valence-corrected chi connectivity index (χ2v) is 18.3. The van der Waals surface area contributed by atoms with E-state index in [4.69, 9.17) is 37.9 Å². The number of amides is 2. The summed E-state index contributed by atoms with van der Waals surface area (Å²) in [6.45, 7) is 0.0244. The van der Waals surface area contributed by atoms with Gasteiger partial charge in [0.1, 0.15) is 34.4 Å². The Labute approximate surface area is 364 Å². The summed E-state index contributed by atoms with van der Waals surface area (Å²) in [4.78, 5) is 40.1. The highest BCUT2D eigenvalue weighted by molar-refractivity contribution is 7.91. The number of hydrogen-bond acceptors (Lipinski definition) is 9. The van der Waals surface area contributed by atoms with E-state index in [0.29, 0.717) is 55.0 Å². The average molecular weight is 894 g/mol. The van der Waals surface area contributed by atoms with Gasteiger partial charge in [0.15, 0.2) is 0 Å². The highest BCUT2D eigenvalue weighted by Crippen LogP contribution is 2.41. The molecule has 0 saturated heterocycles. The van der Waals surface area contributed by atoms with Crippen molar-refractivity contribution in [3.05, 3.63) is 164 Å². The topological polar surface area (TPSA) is 175 Å². The molecule has 3 atom stereocenters. The first-order valence-electron chi connectivity index (χ1n) is 18.8. The Kier molecular flexibility index (Phi) is 11.9. The zero-order valence-corrected chi connectivity index (χ0v) is 35.0. The molecule has 0 radical (unpaired) electrons. The molecule has 0 fully saturated rings. The van der Waals surface area contributed by atoms with Gasteiger partial charge in [0.25, 0.3) is 15.9 Å². The van der Waals surface area contributed by atoms with Crippen molar-refractivity contribution in [2.75, 3.05) is 5.32 Å².